The number of aromatic hydroxyl groups is 1. The Labute approximate surface area is 129 Å². The van der Waals surface area contributed by atoms with Gasteiger partial charge in [0.05, 0.1) is 0 Å². The summed E-state index contributed by atoms with van der Waals surface area (Å²) in [5.74, 6) is -0.339. The summed E-state index contributed by atoms with van der Waals surface area (Å²) in [6, 6.07) is 4.49. The topological polar surface area (TPSA) is 108 Å². The molecule has 22 heavy (non-hydrogen) atoms. The van der Waals surface area contributed by atoms with E-state index in [1.54, 1.807) is 19.1 Å². The van der Waals surface area contributed by atoms with Crippen molar-refractivity contribution in [1.29, 1.82) is 0 Å². The highest BCUT2D eigenvalue weighted by atomic mass is 16.5. The molecule has 7 nitrogen and oxygen atoms in total. The van der Waals surface area contributed by atoms with Crippen LogP contribution in [0, 0.1) is 5.92 Å². The van der Waals surface area contributed by atoms with E-state index in [0.29, 0.717) is 12.2 Å². The van der Waals surface area contributed by atoms with Gasteiger partial charge in [0.15, 0.2) is 6.23 Å². The summed E-state index contributed by atoms with van der Waals surface area (Å²) >= 11 is 0. The number of benzene rings is 1. The van der Waals surface area contributed by atoms with Crippen LogP contribution in [-0.2, 0) is 4.79 Å². The first-order chi connectivity index (χ1) is 10.3. The van der Waals surface area contributed by atoms with Crippen molar-refractivity contribution in [3.05, 3.63) is 24.3 Å². The maximum Gasteiger partial charge on any atom is 0.326 e. The molecule has 0 saturated heterocycles. The second kappa shape index (κ2) is 8.11. The normalized spacial score (nSPS) is 13.3. The summed E-state index contributed by atoms with van der Waals surface area (Å²) in [5.41, 5.74) is 0. The molecule has 0 aliphatic rings. The first-order valence-corrected chi connectivity index (χ1v) is 7.03. The van der Waals surface area contributed by atoms with Gasteiger partial charge in [0, 0.05) is 0 Å². The Morgan fingerprint density at radius 2 is 1.73 bits per heavy atom. The fourth-order valence-electron chi connectivity index (χ4n) is 1.84. The third kappa shape index (κ3) is 6.34. The molecule has 2 unspecified atom stereocenters. The number of ether oxygens (including phenoxy) is 1. The Bertz CT molecular complexity index is 501. The van der Waals surface area contributed by atoms with Gasteiger partial charge in [-0.05, 0) is 43.5 Å². The molecular weight excluding hydrogens is 288 g/mol. The molecule has 0 saturated carbocycles. The van der Waals surface area contributed by atoms with Crippen LogP contribution in [0.1, 0.15) is 27.2 Å². The number of phenols is 1. The maximum absolute atomic E-state index is 11.8. The van der Waals surface area contributed by atoms with E-state index in [0.717, 1.165) is 0 Å². The first kappa shape index (κ1) is 17.6. The predicted molar refractivity (Wildman–Crippen MR) is 80.7 cm³/mol. The van der Waals surface area contributed by atoms with Gasteiger partial charge in [-0.3, -0.25) is 0 Å². The van der Waals surface area contributed by atoms with Gasteiger partial charge in [-0.2, -0.15) is 0 Å². The van der Waals surface area contributed by atoms with E-state index in [1.807, 2.05) is 13.8 Å². The number of phenolic OH excluding ortho intramolecular Hbond substituents is 1. The van der Waals surface area contributed by atoms with Crippen molar-refractivity contribution < 1.29 is 24.5 Å². The van der Waals surface area contributed by atoms with Gasteiger partial charge in [-0.15, -0.1) is 0 Å². The number of hydrogen-bond donors (Lipinski definition) is 4. The summed E-state index contributed by atoms with van der Waals surface area (Å²) in [5, 5.41) is 23.1. The molecule has 7 heteroatoms. The number of carbonyl (C=O) groups is 2. The minimum atomic E-state index is -1.07. The molecule has 1 aromatic carbocycles. The lowest BCUT2D eigenvalue weighted by Gasteiger charge is -2.20. The van der Waals surface area contributed by atoms with E-state index in [4.69, 9.17) is 14.9 Å². The van der Waals surface area contributed by atoms with E-state index in [9.17, 15) is 9.59 Å². The van der Waals surface area contributed by atoms with Gasteiger partial charge in [0.1, 0.15) is 17.5 Å². The van der Waals surface area contributed by atoms with Gasteiger partial charge < -0.3 is 25.6 Å². The van der Waals surface area contributed by atoms with Crippen LogP contribution in [0.3, 0.4) is 0 Å². The van der Waals surface area contributed by atoms with Crippen LogP contribution in [0.2, 0.25) is 0 Å². The second-order valence-corrected chi connectivity index (χ2v) is 5.39. The zero-order chi connectivity index (χ0) is 16.7. The molecule has 2 atom stereocenters. The number of amides is 2. The van der Waals surface area contributed by atoms with Crippen LogP contribution in [0.15, 0.2) is 24.3 Å². The number of nitrogens with one attached hydrogen (secondary N) is 2. The number of aliphatic carboxylic acids is 1. The Hall–Kier alpha value is -2.44. The monoisotopic (exact) mass is 310 g/mol. The Morgan fingerprint density at radius 3 is 2.23 bits per heavy atom. The average molecular weight is 310 g/mol. The molecule has 122 valence electrons. The number of carboxylic acid groups (broad SMARTS) is 1. The summed E-state index contributed by atoms with van der Waals surface area (Å²) < 4.78 is 5.43. The molecular formula is C15H22N2O5. The van der Waals surface area contributed by atoms with Gasteiger partial charge in [0.2, 0.25) is 0 Å². The highest BCUT2D eigenvalue weighted by Gasteiger charge is 2.21. The standard InChI is InChI=1S/C15H22N2O5/c1-9(2)8-13(14(19)20)17-15(21)16-10(3)22-12-6-4-11(18)5-7-12/h4-7,9-10,13,18H,8H2,1-3H3,(H,19,20)(H2,16,17,21). The lowest BCUT2D eigenvalue weighted by molar-refractivity contribution is -0.139. The third-order valence-electron chi connectivity index (χ3n) is 2.79. The Balaban J connectivity index is 2.48. The van der Waals surface area contributed by atoms with Crippen LogP contribution in [-0.4, -0.2) is 34.5 Å². The summed E-state index contributed by atoms with van der Waals surface area (Å²) in [4.78, 5) is 22.9. The molecule has 2 amide bonds. The van der Waals surface area contributed by atoms with Gasteiger partial charge >= 0.3 is 12.0 Å². The molecule has 4 N–H and O–H groups in total. The molecule has 1 rings (SSSR count). The van der Waals surface area contributed by atoms with Crippen molar-refractivity contribution in [2.75, 3.05) is 0 Å². The van der Waals surface area contributed by atoms with E-state index in [1.165, 1.54) is 12.1 Å². The molecule has 0 radical (unpaired) electrons. The van der Waals surface area contributed by atoms with Crippen LogP contribution >= 0.6 is 0 Å². The lowest BCUT2D eigenvalue weighted by Crippen LogP contribution is -2.50. The molecule has 0 aliphatic heterocycles. The number of rotatable bonds is 7. The number of carboxylic acids is 1. The van der Waals surface area contributed by atoms with Crippen molar-refractivity contribution in [2.24, 2.45) is 5.92 Å². The van der Waals surface area contributed by atoms with Crippen LogP contribution in [0.5, 0.6) is 11.5 Å². The molecule has 0 aliphatic carbocycles. The quantitative estimate of drug-likeness (QED) is 0.575. The van der Waals surface area contributed by atoms with Crippen LogP contribution in [0.25, 0.3) is 0 Å². The smallest absolute Gasteiger partial charge is 0.326 e. The Morgan fingerprint density at radius 1 is 1.14 bits per heavy atom. The molecule has 0 fully saturated rings. The van der Waals surface area contributed by atoms with Gasteiger partial charge in [0.25, 0.3) is 0 Å². The minimum Gasteiger partial charge on any atom is -0.508 e. The molecule has 0 bridgehead atoms. The SMILES string of the molecule is CC(C)CC(NC(=O)NC(C)Oc1ccc(O)cc1)C(=O)O. The number of carbonyl (C=O) groups excluding carboxylic acids is 1. The van der Waals surface area contributed by atoms with Gasteiger partial charge in [-0.1, -0.05) is 13.8 Å². The van der Waals surface area contributed by atoms with Crippen molar-refractivity contribution in [2.45, 2.75) is 39.5 Å². The highest BCUT2D eigenvalue weighted by molar-refractivity contribution is 5.82. The van der Waals surface area contributed by atoms with Crippen molar-refractivity contribution in [3.63, 3.8) is 0 Å². The highest BCUT2D eigenvalue weighted by Crippen LogP contribution is 2.16. The summed E-state index contributed by atoms with van der Waals surface area (Å²) in [6.45, 7) is 5.38. The van der Waals surface area contributed by atoms with E-state index < -0.39 is 24.3 Å². The fourth-order valence-corrected chi connectivity index (χ4v) is 1.84. The van der Waals surface area contributed by atoms with Crippen molar-refractivity contribution >= 4 is 12.0 Å². The molecule has 0 spiro atoms. The summed E-state index contributed by atoms with van der Waals surface area (Å²) in [6.07, 6.45) is -0.311. The molecule has 0 heterocycles. The maximum atomic E-state index is 11.8. The lowest BCUT2D eigenvalue weighted by atomic mass is 10.0. The molecule has 0 aromatic heterocycles. The second-order valence-electron chi connectivity index (χ2n) is 5.39. The first-order valence-electron chi connectivity index (χ1n) is 7.03. The minimum absolute atomic E-state index is 0.115. The van der Waals surface area contributed by atoms with Gasteiger partial charge in [-0.25, -0.2) is 9.59 Å². The van der Waals surface area contributed by atoms with E-state index >= 15 is 0 Å². The van der Waals surface area contributed by atoms with Crippen molar-refractivity contribution in [1.82, 2.24) is 10.6 Å². The largest absolute Gasteiger partial charge is 0.508 e. The zero-order valence-electron chi connectivity index (χ0n) is 12.9. The van der Waals surface area contributed by atoms with Crippen LogP contribution in [0.4, 0.5) is 4.79 Å². The average Bonchev–Trinajstić information content (AvgIpc) is 2.39. The van der Waals surface area contributed by atoms with E-state index in [-0.39, 0.29) is 11.7 Å². The number of urea groups is 1. The molecule has 1 aromatic rings. The Kier molecular flexibility index (Phi) is 6.49. The summed E-state index contributed by atoms with van der Waals surface area (Å²) in [7, 11) is 0. The predicted octanol–water partition coefficient (Wildman–Crippen LogP) is 1.92. The number of hydrogen-bond acceptors (Lipinski definition) is 4. The zero-order valence-corrected chi connectivity index (χ0v) is 12.9. The van der Waals surface area contributed by atoms with E-state index in [2.05, 4.69) is 10.6 Å². The van der Waals surface area contributed by atoms with Crippen LogP contribution < -0.4 is 15.4 Å². The van der Waals surface area contributed by atoms with Crippen molar-refractivity contribution in [3.8, 4) is 11.5 Å². The fraction of sp³-hybridized carbons (Fsp3) is 0.467. The third-order valence-corrected chi connectivity index (χ3v) is 2.79.